The zero-order valence-corrected chi connectivity index (χ0v) is 21.2. The van der Waals surface area contributed by atoms with E-state index in [4.69, 9.17) is 4.98 Å². The predicted octanol–water partition coefficient (Wildman–Crippen LogP) is 4.57. The van der Waals surface area contributed by atoms with Crippen molar-refractivity contribution in [2.45, 2.75) is 45.1 Å². The highest BCUT2D eigenvalue weighted by Crippen LogP contribution is 2.33. The van der Waals surface area contributed by atoms with E-state index in [0.29, 0.717) is 11.7 Å². The normalized spacial score (nSPS) is 11.7. The number of rotatable bonds is 9. The molecular weight excluding hydrogens is 468 g/mol. The Morgan fingerprint density at radius 1 is 1.09 bits per heavy atom. The molecule has 0 fully saturated rings. The molecule has 0 saturated carbocycles. The van der Waals surface area contributed by atoms with Crippen molar-refractivity contribution in [3.63, 3.8) is 0 Å². The summed E-state index contributed by atoms with van der Waals surface area (Å²) in [6.07, 6.45) is 6.34. The van der Waals surface area contributed by atoms with Crippen molar-refractivity contribution in [3.8, 4) is 0 Å². The molecule has 0 N–H and O–H groups in total. The van der Waals surface area contributed by atoms with E-state index >= 15 is 0 Å². The molecule has 0 aliphatic heterocycles. The summed E-state index contributed by atoms with van der Waals surface area (Å²) in [6.45, 7) is 6.98. The van der Waals surface area contributed by atoms with Crippen LogP contribution in [0.5, 0.6) is 0 Å². The van der Waals surface area contributed by atoms with Gasteiger partial charge in [-0.2, -0.15) is 0 Å². The smallest absolute Gasteiger partial charge is 0.233 e. The highest BCUT2D eigenvalue weighted by atomic mass is 32.2. The Morgan fingerprint density at radius 3 is 2.47 bits per heavy atom. The van der Waals surface area contributed by atoms with Crippen molar-refractivity contribution in [1.82, 2.24) is 14.5 Å². The quantitative estimate of drug-likeness (QED) is 0.339. The lowest BCUT2D eigenvalue weighted by molar-refractivity contribution is -0.118. The Bertz CT molecular complexity index is 1350. The molecular formula is C25H28N4O3S2. The zero-order valence-electron chi connectivity index (χ0n) is 19.6. The molecule has 4 aromatic rings. The fourth-order valence-electron chi connectivity index (χ4n) is 3.77. The largest absolute Gasteiger partial charge is 0.337 e. The molecule has 0 spiro atoms. The van der Waals surface area contributed by atoms with Crippen LogP contribution in [0, 0.1) is 13.8 Å². The van der Waals surface area contributed by atoms with Crippen LogP contribution in [0.25, 0.3) is 10.2 Å². The average Bonchev–Trinajstić information content (AvgIpc) is 3.50. The topological polar surface area (TPSA) is 85.2 Å². The van der Waals surface area contributed by atoms with Gasteiger partial charge in [-0.25, -0.2) is 18.4 Å². The van der Waals surface area contributed by atoms with Gasteiger partial charge in [-0.1, -0.05) is 42.5 Å². The van der Waals surface area contributed by atoms with Crippen LogP contribution in [-0.4, -0.2) is 41.2 Å². The molecule has 1 amide bonds. The van der Waals surface area contributed by atoms with Gasteiger partial charge in [0.2, 0.25) is 5.91 Å². The third kappa shape index (κ3) is 5.20. The van der Waals surface area contributed by atoms with Gasteiger partial charge in [-0.05, 0) is 49.1 Å². The minimum atomic E-state index is -3.27. The van der Waals surface area contributed by atoms with Gasteiger partial charge in [0, 0.05) is 25.5 Å². The molecule has 4 rings (SSSR count). The van der Waals surface area contributed by atoms with E-state index < -0.39 is 9.84 Å². The van der Waals surface area contributed by atoms with Crippen LogP contribution in [0.1, 0.15) is 30.0 Å². The van der Waals surface area contributed by atoms with Crippen LogP contribution >= 0.6 is 11.3 Å². The number of hydrogen-bond donors (Lipinski definition) is 0. The van der Waals surface area contributed by atoms with Gasteiger partial charge < -0.3 is 4.57 Å². The number of aromatic nitrogens is 3. The maximum absolute atomic E-state index is 13.4. The Kier molecular flexibility index (Phi) is 7.13. The first kappa shape index (κ1) is 24.1. The van der Waals surface area contributed by atoms with Crippen LogP contribution in [0.2, 0.25) is 0 Å². The van der Waals surface area contributed by atoms with Gasteiger partial charge in [0.1, 0.15) is 0 Å². The Morgan fingerprint density at radius 2 is 1.82 bits per heavy atom. The average molecular weight is 497 g/mol. The maximum atomic E-state index is 13.4. The molecule has 7 nitrogen and oxygen atoms in total. The number of imidazole rings is 1. The molecule has 0 aliphatic rings. The number of carbonyl (C=O) groups is 1. The second-order valence-electron chi connectivity index (χ2n) is 8.30. The van der Waals surface area contributed by atoms with Gasteiger partial charge in [0.05, 0.1) is 33.6 Å². The van der Waals surface area contributed by atoms with Crippen LogP contribution < -0.4 is 4.90 Å². The number of anilines is 1. The standard InChI is InChI=1S/C25H28N4O3S2/c1-4-34(31,32)21-10-8-20(9-11-21)16-22(30)29(14-5-13-28-15-12-26-17-28)25-27-23-18(2)6-7-19(3)24(23)33-25/h6-12,15,17H,4-5,13-14,16H2,1-3H3. The zero-order chi connectivity index (χ0) is 24.3. The Hall–Kier alpha value is -3.04. The number of sulfone groups is 1. The number of thiazole rings is 1. The summed E-state index contributed by atoms with van der Waals surface area (Å²) >= 11 is 1.54. The number of amides is 1. The van der Waals surface area contributed by atoms with E-state index in [1.54, 1.807) is 48.6 Å². The molecule has 0 aliphatic carbocycles. The van der Waals surface area contributed by atoms with Crippen molar-refractivity contribution in [1.29, 1.82) is 0 Å². The predicted molar refractivity (Wildman–Crippen MR) is 136 cm³/mol. The van der Waals surface area contributed by atoms with E-state index in [-0.39, 0.29) is 23.0 Å². The van der Waals surface area contributed by atoms with Crippen LogP contribution in [0.15, 0.2) is 60.0 Å². The fourth-order valence-corrected chi connectivity index (χ4v) is 5.81. The highest BCUT2D eigenvalue weighted by Gasteiger charge is 2.21. The minimum Gasteiger partial charge on any atom is -0.337 e. The lowest BCUT2D eigenvalue weighted by atomic mass is 10.1. The van der Waals surface area contributed by atoms with Gasteiger partial charge in [-0.3, -0.25) is 9.69 Å². The van der Waals surface area contributed by atoms with E-state index in [1.165, 1.54) is 11.3 Å². The van der Waals surface area contributed by atoms with Crippen molar-refractivity contribution < 1.29 is 13.2 Å². The number of carbonyl (C=O) groups excluding carboxylic acids is 1. The van der Waals surface area contributed by atoms with E-state index in [1.807, 2.05) is 17.7 Å². The van der Waals surface area contributed by atoms with E-state index in [9.17, 15) is 13.2 Å². The molecule has 34 heavy (non-hydrogen) atoms. The number of benzene rings is 2. The van der Waals surface area contributed by atoms with Crippen molar-refractivity contribution in [3.05, 3.63) is 71.8 Å². The van der Waals surface area contributed by atoms with Gasteiger partial charge in [0.15, 0.2) is 15.0 Å². The van der Waals surface area contributed by atoms with Gasteiger partial charge in [-0.15, -0.1) is 0 Å². The molecule has 2 aromatic heterocycles. The van der Waals surface area contributed by atoms with Crippen molar-refractivity contribution >= 4 is 42.4 Å². The molecule has 0 saturated heterocycles. The molecule has 2 heterocycles. The molecule has 2 aromatic carbocycles. The maximum Gasteiger partial charge on any atom is 0.233 e. The SMILES string of the molecule is CCS(=O)(=O)c1ccc(CC(=O)N(CCCn2ccnc2)c2nc3c(C)ccc(C)c3s2)cc1. The second-order valence-corrected chi connectivity index (χ2v) is 11.6. The highest BCUT2D eigenvalue weighted by molar-refractivity contribution is 7.91. The molecule has 0 bridgehead atoms. The monoisotopic (exact) mass is 496 g/mol. The molecule has 0 radical (unpaired) electrons. The van der Waals surface area contributed by atoms with Crippen LogP contribution in [0.4, 0.5) is 5.13 Å². The Labute approximate surface area is 204 Å². The van der Waals surface area contributed by atoms with Crippen LogP contribution in [-0.2, 0) is 27.6 Å². The lowest BCUT2D eigenvalue weighted by Crippen LogP contribution is -2.33. The third-order valence-corrected chi connectivity index (χ3v) is 8.80. The van der Waals surface area contributed by atoms with E-state index in [2.05, 4.69) is 24.0 Å². The summed E-state index contributed by atoms with van der Waals surface area (Å²) in [7, 11) is -3.27. The summed E-state index contributed by atoms with van der Waals surface area (Å²) < 4.78 is 27.3. The summed E-state index contributed by atoms with van der Waals surface area (Å²) in [5, 5.41) is 0.688. The Balaban J connectivity index is 1.59. The molecule has 9 heteroatoms. The van der Waals surface area contributed by atoms with E-state index in [0.717, 1.165) is 39.9 Å². The number of fused-ring (bicyclic) bond motifs is 1. The summed E-state index contributed by atoms with van der Waals surface area (Å²) in [6, 6.07) is 10.7. The number of aryl methyl sites for hydroxylation is 3. The minimum absolute atomic E-state index is 0.0480. The number of nitrogens with zero attached hydrogens (tertiary/aromatic N) is 4. The summed E-state index contributed by atoms with van der Waals surface area (Å²) in [5.41, 5.74) is 3.93. The van der Waals surface area contributed by atoms with Gasteiger partial charge in [0.25, 0.3) is 0 Å². The molecule has 0 atom stereocenters. The van der Waals surface area contributed by atoms with Crippen molar-refractivity contribution in [2.75, 3.05) is 17.2 Å². The first-order valence-electron chi connectivity index (χ1n) is 11.2. The second kappa shape index (κ2) is 10.1. The lowest BCUT2D eigenvalue weighted by Gasteiger charge is -2.20. The van der Waals surface area contributed by atoms with Crippen molar-refractivity contribution in [2.24, 2.45) is 0 Å². The summed E-state index contributed by atoms with van der Waals surface area (Å²) in [4.78, 5) is 24.4. The number of hydrogen-bond acceptors (Lipinski definition) is 6. The van der Waals surface area contributed by atoms with Gasteiger partial charge >= 0.3 is 0 Å². The molecule has 0 unspecified atom stereocenters. The first-order chi connectivity index (χ1) is 16.3. The third-order valence-electron chi connectivity index (χ3n) is 5.84. The molecule has 178 valence electrons. The first-order valence-corrected chi connectivity index (χ1v) is 13.7. The summed E-state index contributed by atoms with van der Waals surface area (Å²) in [5.74, 6) is -0.0158. The van der Waals surface area contributed by atoms with Crippen LogP contribution in [0.3, 0.4) is 0 Å². The fraction of sp³-hybridized carbons (Fsp3) is 0.320.